The van der Waals surface area contributed by atoms with Gasteiger partial charge in [-0.3, -0.25) is 0 Å². The van der Waals surface area contributed by atoms with Gasteiger partial charge in [-0.25, -0.2) is 9.59 Å². The number of anilines is 2. The second kappa shape index (κ2) is 13.4. The van der Waals surface area contributed by atoms with Crippen molar-refractivity contribution >= 4 is 29.4 Å². The normalized spacial score (nSPS) is 11.7. The van der Waals surface area contributed by atoms with E-state index in [1.165, 1.54) is 24.3 Å². The number of carbonyl (C=O) groups is 2. The lowest BCUT2D eigenvalue weighted by molar-refractivity contribution is -0.136. The third-order valence-corrected chi connectivity index (χ3v) is 5.62. The van der Waals surface area contributed by atoms with Gasteiger partial charge in [-0.15, -0.1) is 0 Å². The Kier molecular flexibility index (Phi) is 9.97. The first kappa shape index (κ1) is 29.1. The molecule has 0 unspecified atom stereocenters. The monoisotopic (exact) mass is 542 g/mol. The van der Waals surface area contributed by atoms with Gasteiger partial charge in [0, 0.05) is 23.4 Å². The SMILES string of the molecule is Nc1cc(N)cc(CCCC(=Cc2ccc(OC(=O)c3ccc(OCCCC(F)(F)F)cc3)cc2)C(=O)O)c1. The zero-order valence-corrected chi connectivity index (χ0v) is 21.0. The molecule has 0 aliphatic rings. The number of nitrogens with two attached hydrogens (primary N) is 2. The highest BCUT2D eigenvalue weighted by Gasteiger charge is 2.26. The topological polar surface area (TPSA) is 125 Å². The minimum absolute atomic E-state index is 0.0923. The van der Waals surface area contributed by atoms with Crippen LogP contribution in [0.15, 0.2) is 72.3 Å². The van der Waals surface area contributed by atoms with Gasteiger partial charge < -0.3 is 26.0 Å². The van der Waals surface area contributed by atoms with Gasteiger partial charge in [0.15, 0.2) is 0 Å². The number of carboxylic acid groups (broad SMARTS) is 1. The van der Waals surface area contributed by atoms with E-state index in [1.54, 1.807) is 36.4 Å². The number of hydrogen-bond donors (Lipinski definition) is 3. The van der Waals surface area contributed by atoms with E-state index in [4.69, 9.17) is 20.9 Å². The quantitative estimate of drug-likeness (QED) is 0.0808. The lowest BCUT2D eigenvalue weighted by Gasteiger charge is -2.09. The van der Waals surface area contributed by atoms with Crippen LogP contribution >= 0.6 is 0 Å². The maximum atomic E-state index is 12.4. The summed E-state index contributed by atoms with van der Waals surface area (Å²) >= 11 is 0. The van der Waals surface area contributed by atoms with Crippen molar-refractivity contribution in [2.45, 2.75) is 38.3 Å². The molecule has 0 bridgehead atoms. The molecule has 10 heteroatoms. The Hall–Kier alpha value is -4.47. The number of aryl methyl sites for hydroxylation is 1. The van der Waals surface area contributed by atoms with Gasteiger partial charge in [-0.2, -0.15) is 13.2 Å². The first-order chi connectivity index (χ1) is 18.5. The number of esters is 1. The van der Waals surface area contributed by atoms with Crippen LogP contribution in [0.2, 0.25) is 0 Å². The summed E-state index contributed by atoms with van der Waals surface area (Å²) in [7, 11) is 0. The number of hydrogen-bond acceptors (Lipinski definition) is 6. The Morgan fingerprint density at radius 3 is 2.08 bits per heavy atom. The molecule has 3 aromatic carbocycles. The number of nitrogen functional groups attached to an aromatic ring is 2. The molecule has 0 aliphatic carbocycles. The van der Waals surface area contributed by atoms with E-state index < -0.39 is 24.5 Å². The Morgan fingerprint density at radius 2 is 1.49 bits per heavy atom. The molecule has 0 saturated carbocycles. The predicted molar refractivity (Wildman–Crippen MR) is 142 cm³/mol. The predicted octanol–water partition coefficient (Wildman–Crippen LogP) is 6.28. The van der Waals surface area contributed by atoms with Crippen LogP contribution in [0.4, 0.5) is 24.5 Å². The Labute approximate surface area is 223 Å². The average Bonchev–Trinajstić information content (AvgIpc) is 2.86. The molecule has 7 nitrogen and oxygen atoms in total. The molecule has 0 amide bonds. The van der Waals surface area contributed by atoms with Crippen molar-refractivity contribution in [2.24, 2.45) is 0 Å². The standard InChI is InChI=1S/C29H29F3N2O5/c30-29(31,32)13-2-14-38-25-11-7-21(8-12-25)28(37)39-26-9-5-19(6-10-26)15-22(27(35)36)4-1-3-20-16-23(33)18-24(34)17-20/h5-12,15-18H,1-4,13-14,33-34H2,(H,35,36). The third-order valence-electron chi connectivity index (χ3n) is 5.62. The fourth-order valence-corrected chi connectivity index (χ4v) is 3.76. The maximum Gasteiger partial charge on any atom is 0.389 e. The number of carbonyl (C=O) groups excluding carboxylic acids is 1. The zero-order valence-electron chi connectivity index (χ0n) is 21.0. The van der Waals surface area contributed by atoms with Crippen LogP contribution < -0.4 is 20.9 Å². The average molecular weight is 543 g/mol. The molecular weight excluding hydrogens is 513 g/mol. The van der Waals surface area contributed by atoms with Crippen LogP contribution in [0.3, 0.4) is 0 Å². The molecule has 206 valence electrons. The van der Waals surface area contributed by atoms with Gasteiger partial charge in [0.1, 0.15) is 11.5 Å². The lowest BCUT2D eigenvalue weighted by atomic mass is 10.0. The molecule has 0 saturated heterocycles. The highest BCUT2D eigenvalue weighted by atomic mass is 19.4. The number of halogens is 3. The van der Waals surface area contributed by atoms with Crippen molar-refractivity contribution in [1.29, 1.82) is 0 Å². The molecule has 0 spiro atoms. The summed E-state index contributed by atoms with van der Waals surface area (Å²) in [6.45, 7) is -0.0923. The Bertz CT molecular complexity index is 1280. The minimum Gasteiger partial charge on any atom is -0.494 e. The summed E-state index contributed by atoms with van der Waals surface area (Å²) in [5.74, 6) is -1.04. The van der Waals surface area contributed by atoms with E-state index in [0.717, 1.165) is 5.56 Å². The molecule has 3 rings (SSSR count). The van der Waals surface area contributed by atoms with Crippen molar-refractivity contribution in [3.05, 3.63) is 89.0 Å². The highest BCUT2D eigenvalue weighted by molar-refractivity contribution is 5.92. The summed E-state index contributed by atoms with van der Waals surface area (Å²) in [6, 6.07) is 17.5. The summed E-state index contributed by atoms with van der Waals surface area (Å²) in [5, 5.41) is 9.60. The molecule has 3 aromatic rings. The van der Waals surface area contributed by atoms with E-state index in [9.17, 15) is 27.9 Å². The molecular formula is C29H29F3N2O5. The second-order valence-electron chi connectivity index (χ2n) is 8.89. The van der Waals surface area contributed by atoms with Crippen LogP contribution in [0.25, 0.3) is 6.08 Å². The fourth-order valence-electron chi connectivity index (χ4n) is 3.76. The number of alkyl halides is 3. The van der Waals surface area contributed by atoms with Crippen LogP contribution in [-0.4, -0.2) is 29.8 Å². The van der Waals surface area contributed by atoms with Crippen LogP contribution in [0.5, 0.6) is 11.5 Å². The summed E-state index contributed by atoms with van der Waals surface area (Å²) in [6.07, 6.45) is -2.20. The van der Waals surface area contributed by atoms with Crippen molar-refractivity contribution in [3.63, 3.8) is 0 Å². The van der Waals surface area contributed by atoms with Crippen LogP contribution in [0.1, 0.15) is 47.2 Å². The van der Waals surface area contributed by atoms with Crippen LogP contribution in [-0.2, 0) is 11.2 Å². The smallest absolute Gasteiger partial charge is 0.389 e. The van der Waals surface area contributed by atoms with E-state index in [1.807, 2.05) is 12.1 Å². The second-order valence-corrected chi connectivity index (χ2v) is 8.89. The third kappa shape index (κ3) is 10.1. The van der Waals surface area contributed by atoms with Gasteiger partial charge in [0.2, 0.25) is 0 Å². The number of ether oxygens (including phenoxy) is 2. The van der Waals surface area contributed by atoms with Crippen molar-refractivity contribution in [2.75, 3.05) is 18.1 Å². The largest absolute Gasteiger partial charge is 0.494 e. The fraction of sp³-hybridized carbons (Fsp3) is 0.241. The first-order valence-corrected chi connectivity index (χ1v) is 12.2. The number of benzene rings is 3. The zero-order chi connectivity index (χ0) is 28.4. The van der Waals surface area contributed by atoms with Gasteiger partial charge in [0.25, 0.3) is 0 Å². The number of rotatable bonds is 12. The van der Waals surface area contributed by atoms with E-state index >= 15 is 0 Å². The van der Waals surface area contributed by atoms with Gasteiger partial charge in [-0.05, 0) is 97.5 Å². The summed E-state index contributed by atoms with van der Waals surface area (Å²) < 4.78 is 47.2. The van der Waals surface area contributed by atoms with Crippen molar-refractivity contribution in [1.82, 2.24) is 0 Å². The molecule has 0 aromatic heterocycles. The molecule has 39 heavy (non-hydrogen) atoms. The highest BCUT2D eigenvalue weighted by Crippen LogP contribution is 2.23. The number of aliphatic carboxylic acids is 1. The van der Waals surface area contributed by atoms with Crippen molar-refractivity contribution in [3.8, 4) is 11.5 Å². The van der Waals surface area contributed by atoms with Gasteiger partial charge >= 0.3 is 18.1 Å². The van der Waals surface area contributed by atoms with Crippen molar-refractivity contribution < 1.29 is 37.3 Å². The summed E-state index contributed by atoms with van der Waals surface area (Å²) in [4.78, 5) is 24.2. The molecule has 0 aliphatic heterocycles. The first-order valence-electron chi connectivity index (χ1n) is 12.2. The molecule has 0 heterocycles. The van der Waals surface area contributed by atoms with E-state index in [-0.39, 0.29) is 29.9 Å². The lowest BCUT2D eigenvalue weighted by Crippen LogP contribution is -2.10. The maximum absolute atomic E-state index is 12.4. The summed E-state index contributed by atoms with van der Waals surface area (Å²) in [5.41, 5.74) is 14.8. The molecule has 0 fully saturated rings. The molecule has 5 N–H and O–H groups in total. The van der Waals surface area contributed by atoms with E-state index in [2.05, 4.69) is 0 Å². The molecule has 0 radical (unpaired) electrons. The molecule has 0 atom stereocenters. The number of carboxylic acids is 1. The minimum atomic E-state index is -4.22. The van der Waals surface area contributed by atoms with Crippen LogP contribution in [0, 0.1) is 0 Å². The Balaban J connectivity index is 1.52. The van der Waals surface area contributed by atoms with E-state index in [0.29, 0.717) is 42.0 Å². The Morgan fingerprint density at radius 1 is 0.872 bits per heavy atom. The van der Waals surface area contributed by atoms with Gasteiger partial charge in [-0.1, -0.05) is 12.1 Å². The van der Waals surface area contributed by atoms with Gasteiger partial charge in [0.05, 0.1) is 12.2 Å².